The lowest BCUT2D eigenvalue weighted by atomic mass is 9.92. The van der Waals surface area contributed by atoms with Gasteiger partial charge in [0.2, 0.25) is 0 Å². The van der Waals surface area contributed by atoms with Crippen molar-refractivity contribution in [1.82, 2.24) is 5.32 Å². The Bertz CT molecular complexity index is 623. The Balaban J connectivity index is 2.49. The summed E-state index contributed by atoms with van der Waals surface area (Å²) in [4.78, 5) is 0. The van der Waals surface area contributed by atoms with Crippen molar-refractivity contribution in [3.8, 4) is 0 Å². The molecule has 1 unspecified atom stereocenters. The van der Waals surface area contributed by atoms with Gasteiger partial charge in [0, 0.05) is 11.6 Å². The second-order valence-electron chi connectivity index (χ2n) is 5.34. The molecule has 2 rings (SSSR count). The second-order valence-corrected chi connectivity index (χ2v) is 5.34. The van der Waals surface area contributed by atoms with Crippen LogP contribution in [0, 0.1) is 25.5 Å². The molecule has 2 aromatic rings. The molecule has 21 heavy (non-hydrogen) atoms. The first kappa shape index (κ1) is 15.6. The van der Waals surface area contributed by atoms with Crippen molar-refractivity contribution in [2.24, 2.45) is 0 Å². The molecule has 0 heterocycles. The van der Waals surface area contributed by atoms with Crippen LogP contribution in [0.25, 0.3) is 0 Å². The smallest absolute Gasteiger partial charge is 0.131 e. The van der Waals surface area contributed by atoms with E-state index in [4.69, 9.17) is 0 Å². The predicted molar refractivity (Wildman–Crippen MR) is 82.4 cm³/mol. The minimum atomic E-state index is -0.550. The van der Waals surface area contributed by atoms with Gasteiger partial charge < -0.3 is 5.32 Å². The highest BCUT2D eigenvalue weighted by atomic mass is 19.1. The van der Waals surface area contributed by atoms with E-state index >= 15 is 0 Å². The summed E-state index contributed by atoms with van der Waals surface area (Å²) in [6.07, 6.45) is 0.949. The van der Waals surface area contributed by atoms with Crippen LogP contribution in [0.4, 0.5) is 8.78 Å². The Hall–Kier alpha value is -1.74. The molecule has 0 bridgehead atoms. The summed E-state index contributed by atoms with van der Waals surface area (Å²) in [5.41, 5.74) is 3.82. The first-order chi connectivity index (χ1) is 10.0. The lowest BCUT2D eigenvalue weighted by Gasteiger charge is -2.23. The van der Waals surface area contributed by atoms with Crippen LogP contribution in [0.5, 0.6) is 0 Å². The van der Waals surface area contributed by atoms with Crippen molar-refractivity contribution in [2.45, 2.75) is 33.2 Å². The average molecular weight is 289 g/mol. The normalized spacial score (nSPS) is 12.4. The summed E-state index contributed by atoms with van der Waals surface area (Å²) in [7, 11) is 0. The zero-order chi connectivity index (χ0) is 15.4. The van der Waals surface area contributed by atoms with Crippen LogP contribution in [-0.2, 0) is 0 Å². The lowest BCUT2D eigenvalue weighted by molar-refractivity contribution is 0.531. The number of hydrogen-bond acceptors (Lipinski definition) is 1. The van der Waals surface area contributed by atoms with Crippen molar-refractivity contribution >= 4 is 0 Å². The molecule has 0 aromatic heterocycles. The van der Waals surface area contributed by atoms with Crippen LogP contribution < -0.4 is 5.32 Å². The molecule has 0 aliphatic carbocycles. The van der Waals surface area contributed by atoms with Gasteiger partial charge in [-0.25, -0.2) is 8.78 Å². The van der Waals surface area contributed by atoms with Gasteiger partial charge in [-0.15, -0.1) is 0 Å². The lowest BCUT2D eigenvalue weighted by Crippen LogP contribution is -2.25. The summed E-state index contributed by atoms with van der Waals surface area (Å²) < 4.78 is 27.3. The van der Waals surface area contributed by atoms with Crippen LogP contribution >= 0.6 is 0 Å². The van der Waals surface area contributed by atoms with Crippen LogP contribution in [-0.4, -0.2) is 6.54 Å². The Morgan fingerprint density at radius 3 is 2.48 bits per heavy atom. The number of nitrogens with one attached hydrogen (secondary N) is 1. The molecule has 0 fully saturated rings. The van der Waals surface area contributed by atoms with Crippen LogP contribution in [0.3, 0.4) is 0 Å². The molecule has 2 aromatic carbocycles. The third-order valence-electron chi connectivity index (χ3n) is 3.83. The maximum atomic E-state index is 14.2. The highest BCUT2D eigenvalue weighted by Crippen LogP contribution is 2.28. The quantitative estimate of drug-likeness (QED) is 0.843. The van der Waals surface area contributed by atoms with Gasteiger partial charge in [0.15, 0.2) is 0 Å². The summed E-state index contributed by atoms with van der Waals surface area (Å²) in [6.45, 7) is 6.91. The maximum Gasteiger partial charge on any atom is 0.131 e. The monoisotopic (exact) mass is 289 g/mol. The topological polar surface area (TPSA) is 12.0 Å². The predicted octanol–water partition coefficient (Wildman–Crippen LogP) is 4.67. The number of aryl methyl sites for hydroxylation is 1. The molecule has 3 heteroatoms. The van der Waals surface area contributed by atoms with E-state index in [1.165, 1.54) is 17.7 Å². The number of hydrogen-bond donors (Lipinski definition) is 1. The summed E-state index contributed by atoms with van der Waals surface area (Å²) in [5, 5.41) is 3.37. The molecule has 0 spiro atoms. The van der Waals surface area contributed by atoms with E-state index < -0.39 is 11.6 Å². The molecule has 1 N–H and O–H groups in total. The van der Waals surface area contributed by atoms with E-state index in [1.807, 2.05) is 32.0 Å². The van der Waals surface area contributed by atoms with Crippen LogP contribution in [0.15, 0.2) is 36.4 Å². The molecule has 0 saturated carbocycles. The Morgan fingerprint density at radius 1 is 1.05 bits per heavy atom. The van der Waals surface area contributed by atoms with E-state index in [9.17, 15) is 8.78 Å². The first-order valence-corrected chi connectivity index (χ1v) is 7.29. The van der Waals surface area contributed by atoms with E-state index in [2.05, 4.69) is 12.2 Å². The molecule has 0 radical (unpaired) electrons. The Labute approximate surface area is 125 Å². The molecule has 112 valence electrons. The van der Waals surface area contributed by atoms with Gasteiger partial charge >= 0.3 is 0 Å². The number of rotatable bonds is 5. The fraction of sp³-hybridized carbons (Fsp3) is 0.333. The molecule has 1 nitrogen and oxygen atoms in total. The summed E-state index contributed by atoms with van der Waals surface area (Å²) in [6, 6.07) is 9.53. The van der Waals surface area contributed by atoms with E-state index in [-0.39, 0.29) is 6.04 Å². The largest absolute Gasteiger partial charge is 0.306 e. The van der Waals surface area contributed by atoms with Crippen LogP contribution in [0.1, 0.15) is 41.6 Å². The van der Waals surface area contributed by atoms with Gasteiger partial charge in [0.1, 0.15) is 11.6 Å². The van der Waals surface area contributed by atoms with Crippen molar-refractivity contribution in [3.05, 3.63) is 70.3 Å². The average Bonchev–Trinajstić information content (AvgIpc) is 2.45. The van der Waals surface area contributed by atoms with Crippen molar-refractivity contribution < 1.29 is 8.78 Å². The second kappa shape index (κ2) is 6.81. The number of benzene rings is 2. The first-order valence-electron chi connectivity index (χ1n) is 7.29. The summed E-state index contributed by atoms with van der Waals surface area (Å²) >= 11 is 0. The van der Waals surface area contributed by atoms with Gasteiger partial charge in [-0.05, 0) is 49.6 Å². The molecule has 0 amide bonds. The zero-order valence-corrected chi connectivity index (χ0v) is 12.7. The maximum absolute atomic E-state index is 14.2. The van der Waals surface area contributed by atoms with Gasteiger partial charge in [0.05, 0.1) is 6.04 Å². The van der Waals surface area contributed by atoms with Gasteiger partial charge in [-0.1, -0.05) is 31.2 Å². The molecule has 1 atom stereocenters. The third-order valence-corrected chi connectivity index (χ3v) is 3.83. The zero-order valence-electron chi connectivity index (χ0n) is 12.7. The van der Waals surface area contributed by atoms with E-state index in [1.54, 1.807) is 0 Å². The van der Waals surface area contributed by atoms with Crippen molar-refractivity contribution in [3.63, 3.8) is 0 Å². The Morgan fingerprint density at radius 2 is 1.81 bits per heavy atom. The van der Waals surface area contributed by atoms with Gasteiger partial charge in [0.25, 0.3) is 0 Å². The molecule has 0 aliphatic rings. The molecular formula is C18H21F2N. The van der Waals surface area contributed by atoms with Gasteiger partial charge in [-0.2, -0.15) is 0 Å². The number of halogens is 2. The van der Waals surface area contributed by atoms with E-state index in [0.29, 0.717) is 5.56 Å². The summed E-state index contributed by atoms with van der Waals surface area (Å²) in [5.74, 6) is -1.06. The third kappa shape index (κ3) is 3.48. The standard InChI is InChI=1S/C18H21F2N/c1-4-10-21-18(15-7-5-6-12(2)13(15)3)16-9-8-14(19)11-17(16)20/h5-9,11,18,21H,4,10H2,1-3H3. The van der Waals surface area contributed by atoms with Gasteiger partial charge in [-0.3, -0.25) is 0 Å². The highest BCUT2D eigenvalue weighted by Gasteiger charge is 2.19. The minimum Gasteiger partial charge on any atom is -0.306 e. The Kier molecular flexibility index (Phi) is 5.07. The molecule has 0 saturated heterocycles. The molecular weight excluding hydrogens is 268 g/mol. The van der Waals surface area contributed by atoms with Crippen LogP contribution in [0.2, 0.25) is 0 Å². The van der Waals surface area contributed by atoms with Crippen molar-refractivity contribution in [1.29, 1.82) is 0 Å². The minimum absolute atomic E-state index is 0.259. The fourth-order valence-electron chi connectivity index (χ4n) is 2.50. The fourth-order valence-corrected chi connectivity index (χ4v) is 2.50. The highest BCUT2D eigenvalue weighted by molar-refractivity contribution is 5.41. The van der Waals surface area contributed by atoms with E-state index in [0.717, 1.165) is 30.2 Å². The SMILES string of the molecule is CCCNC(c1ccc(F)cc1F)c1cccc(C)c1C. The molecule has 0 aliphatic heterocycles. The van der Waals surface area contributed by atoms with Crippen molar-refractivity contribution in [2.75, 3.05) is 6.54 Å².